The first kappa shape index (κ1) is 21.6. The maximum atomic E-state index is 13.3. The van der Waals surface area contributed by atoms with Gasteiger partial charge in [0, 0.05) is 29.1 Å². The van der Waals surface area contributed by atoms with Crippen LogP contribution < -0.4 is 10.3 Å². The third kappa shape index (κ3) is 3.75. The summed E-state index contributed by atoms with van der Waals surface area (Å²) >= 11 is 0. The maximum absolute atomic E-state index is 13.3. The summed E-state index contributed by atoms with van der Waals surface area (Å²) in [5, 5.41) is 14.5. The molecule has 0 atom stereocenters. The zero-order valence-electron chi connectivity index (χ0n) is 18.5. The molecule has 8 nitrogen and oxygen atoms in total. The minimum absolute atomic E-state index is 0.183. The van der Waals surface area contributed by atoms with E-state index in [1.54, 1.807) is 38.6 Å². The van der Waals surface area contributed by atoms with Crippen molar-refractivity contribution in [3.8, 4) is 28.5 Å². The van der Waals surface area contributed by atoms with Crippen molar-refractivity contribution >= 4 is 5.52 Å². The highest BCUT2D eigenvalue weighted by atomic mass is 19.1. The number of nitrogens with zero attached hydrogens (tertiary/aromatic N) is 4. The average molecular weight is 460 g/mol. The molecule has 0 radical (unpaired) electrons. The number of hydrogen-bond acceptors (Lipinski definition) is 6. The van der Waals surface area contributed by atoms with Crippen molar-refractivity contribution in [2.45, 2.75) is 20.1 Å². The van der Waals surface area contributed by atoms with Crippen LogP contribution in [0, 0.1) is 12.7 Å². The highest BCUT2D eigenvalue weighted by Gasteiger charge is 2.19. The van der Waals surface area contributed by atoms with Crippen LogP contribution in [0.4, 0.5) is 4.39 Å². The molecule has 5 rings (SSSR count). The summed E-state index contributed by atoms with van der Waals surface area (Å²) in [5.74, 6) is 1.40. The van der Waals surface area contributed by atoms with Crippen molar-refractivity contribution in [3.63, 3.8) is 0 Å². The molecule has 0 aliphatic heterocycles. The molecule has 0 aliphatic rings. The Labute approximate surface area is 193 Å². The average Bonchev–Trinajstić information content (AvgIpc) is 3.42. The second-order valence-corrected chi connectivity index (χ2v) is 7.77. The van der Waals surface area contributed by atoms with E-state index in [-0.39, 0.29) is 30.0 Å². The molecule has 0 saturated carbocycles. The first-order valence-electron chi connectivity index (χ1n) is 10.6. The normalized spacial score (nSPS) is 11.3. The summed E-state index contributed by atoms with van der Waals surface area (Å²) in [6.45, 7) is 1.59. The number of hydrogen-bond donors (Lipinski definition) is 1. The van der Waals surface area contributed by atoms with E-state index in [1.807, 2.05) is 24.3 Å². The number of aryl methyl sites for hydroxylation is 1. The summed E-state index contributed by atoms with van der Waals surface area (Å²) < 4.78 is 27.3. The van der Waals surface area contributed by atoms with Gasteiger partial charge in [-0.3, -0.25) is 4.79 Å². The highest BCUT2D eigenvalue weighted by Crippen LogP contribution is 2.26. The van der Waals surface area contributed by atoms with Gasteiger partial charge in [-0.2, -0.15) is 5.10 Å². The van der Waals surface area contributed by atoms with Crippen LogP contribution in [0.3, 0.4) is 0 Å². The minimum atomic E-state index is -0.389. The van der Waals surface area contributed by atoms with Crippen LogP contribution in [-0.4, -0.2) is 31.4 Å². The van der Waals surface area contributed by atoms with Crippen LogP contribution in [0.15, 0.2) is 70.1 Å². The molecule has 172 valence electrons. The van der Waals surface area contributed by atoms with Crippen molar-refractivity contribution in [3.05, 3.63) is 94.1 Å². The predicted molar refractivity (Wildman–Crippen MR) is 123 cm³/mol. The fraction of sp³-hybridized carbons (Fsp3) is 0.160. The van der Waals surface area contributed by atoms with Crippen molar-refractivity contribution < 1.29 is 18.7 Å². The van der Waals surface area contributed by atoms with Crippen LogP contribution in [0.25, 0.3) is 28.2 Å². The van der Waals surface area contributed by atoms with Gasteiger partial charge < -0.3 is 18.8 Å². The Kier molecular flexibility index (Phi) is 5.46. The summed E-state index contributed by atoms with van der Waals surface area (Å²) in [6.07, 6.45) is 3.25. The topological polar surface area (TPSA) is 94.8 Å². The fourth-order valence-corrected chi connectivity index (χ4v) is 3.86. The number of aromatic nitrogens is 4. The van der Waals surface area contributed by atoms with E-state index in [0.717, 1.165) is 11.3 Å². The number of ether oxygens (including phenoxy) is 1. The quantitative estimate of drug-likeness (QED) is 0.414. The minimum Gasteiger partial charge on any atom is -0.497 e. The Bertz CT molecular complexity index is 1530. The summed E-state index contributed by atoms with van der Waals surface area (Å²) in [5.41, 5.74) is 2.73. The molecule has 0 aliphatic carbocycles. The number of aliphatic hydroxyl groups is 1. The van der Waals surface area contributed by atoms with Gasteiger partial charge in [0.2, 0.25) is 5.89 Å². The molecule has 0 spiro atoms. The van der Waals surface area contributed by atoms with Crippen LogP contribution in [0.2, 0.25) is 0 Å². The summed E-state index contributed by atoms with van der Waals surface area (Å²) in [4.78, 5) is 17.9. The summed E-state index contributed by atoms with van der Waals surface area (Å²) in [6, 6.07) is 13.1. The number of aliphatic hydroxyl groups excluding tert-OH is 1. The van der Waals surface area contributed by atoms with Gasteiger partial charge in [0.25, 0.3) is 5.56 Å². The molecule has 34 heavy (non-hydrogen) atoms. The number of methoxy groups -OCH3 is 1. The molecule has 5 aromatic rings. The molecule has 0 saturated heterocycles. The maximum Gasteiger partial charge on any atom is 0.277 e. The third-order valence-electron chi connectivity index (χ3n) is 5.69. The molecule has 2 aromatic carbocycles. The van der Waals surface area contributed by atoms with Gasteiger partial charge in [0.1, 0.15) is 28.5 Å². The van der Waals surface area contributed by atoms with E-state index in [1.165, 1.54) is 21.2 Å². The van der Waals surface area contributed by atoms with Crippen LogP contribution in [0.5, 0.6) is 5.75 Å². The van der Waals surface area contributed by atoms with Gasteiger partial charge >= 0.3 is 0 Å². The lowest BCUT2D eigenvalue weighted by Crippen LogP contribution is -2.23. The Balaban J connectivity index is 1.52. The van der Waals surface area contributed by atoms with Gasteiger partial charge in [0.15, 0.2) is 0 Å². The Morgan fingerprint density at radius 3 is 2.44 bits per heavy atom. The van der Waals surface area contributed by atoms with E-state index in [0.29, 0.717) is 34.2 Å². The lowest BCUT2D eigenvalue weighted by molar-refractivity contribution is 0.283. The lowest BCUT2D eigenvalue weighted by atomic mass is 10.1. The monoisotopic (exact) mass is 460 g/mol. The number of rotatable bonds is 6. The van der Waals surface area contributed by atoms with Gasteiger partial charge in [-0.05, 0) is 55.5 Å². The fourth-order valence-electron chi connectivity index (χ4n) is 3.86. The van der Waals surface area contributed by atoms with E-state index >= 15 is 0 Å². The zero-order chi connectivity index (χ0) is 23.8. The molecule has 0 unspecified atom stereocenters. The first-order valence-corrected chi connectivity index (χ1v) is 10.6. The molecular weight excluding hydrogens is 439 g/mol. The van der Waals surface area contributed by atoms with Crippen LogP contribution in [0.1, 0.15) is 17.0 Å². The van der Waals surface area contributed by atoms with E-state index in [2.05, 4.69) is 10.1 Å². The Morgan fingerprint density at radius 1 is 1.06 bits per heavy atom. The summed E-state index contributed by atoms with van der Waals surface area (Å²) in [7, 11) is 1.60. The number of fused-ring (bicyclic) bond motifs is 1. The van der Waals surface area contributed by atoms with Crippen LogP contribution >= 0.6 is 0 Å². The number of benzene rings is 2. The van der Waals surface area contributed by atoms with E-state index < -0.39 is 0 Å². The lowest BCUT2D eigenvalue weighted by Gasteiger charge is -2.05. The van der Waals surface area contributed by atoms with E-state index in [4.69, 9.17) is 9.15 Å². The Hall–Kier alpha value is -4.24. The van der Waals surface area contributed by atoms with Crippen molar-refractivity contribution in [2.24, 2.45) is 0 Å². The second kappa shape index (κ2) is 8.60. The van der Waals surface area contributed by atoms with Crippen molar-refractivity contribution in [1.82, 2.24) is 19.2 Å². The molecule has 3 heterocycles. The van der Waals surface area contributed by atoms with Gasteiger partial charge in [-0.1, -0.05) is 0 Å². The number of halogens is 1. The van der Waals surface area contributed by atoms with Crippen molar-refractivity contribution in [1.29, 1.82) is 0 Å². The zero-order valence-corrected chi connectivity index (χ0v) is 18.5. The van der Waals surface area contributed by atoms with Crippen molar-refractivity contribution in [2.75, 3.05) is 7.11 Å². The molecule has 1 N–H and O–H groups in total. The van der Waals surface area contributed by atoms with Crippen LogP contribution in [-0.2, 0) is 13.2 Å². The van der Waals surface area contributed by atoms with E-state index in [9.17, 15) is 14.3 Å². The number of oxazole rings is 1. The SMILES string of the molecule is COc1ccc(-c2nc(Cn3ccn4nc(-c5ccc(F)cc5)c(CO)c4c3=O)c(C)o2)cc1. The highest BCUT2D eigenvalue weighted by molar-refractivity contribution is 5.72. The molecule has 3 aromatic heterocycles. The Morgan fingerprint density at radius 2 is 1.76 bits per heavy atom. The molecule has 0 bridgehead atoms. The molecule has 0 amide bonds. The molecule has 9 heteroatoms. The largest absolute Gasteiger partial charge is 0.497 e. The van der Waals surface area contributed by atoms with Gasteiger partial charge in [-0.25, -0.2) is 13.9 Å². The van der Waals surface area contributed by atoms with Gasteiger partial charge in [-0.15, -0.1) is 0 Å². The first-order chi connectivity index (χ1) is 16.5. The molecular formula is C25H21FN4O4. The second-order valence-electron chi connectivity index (χ2n) is 7.77. The standard InChI is InChI=1S/C25H21FN4O4/c1-15-21(27-24(34-15)17-5-9-19(33-2)10-6-17)13-29-11-12-30-23(25(29)32)20(14-31)22(28-30)16-3-7-18(26)8-4-16/h3-12,31H,13-14H2,1-2H3. The third-order valence-corrected chi connectivity index (χ3v) is 5.69. The smallest absolute Gasteiger partial charge is 0.277 e. The predicted octanol–water partition coefficient (Wildman–Crippen LogP) is 3.81. The molecule has 0 fully saturated rings. The van der Waals surface area contributed by atoms with Gasteiger partial charge in [0.05, 0.1) is 26.0 Å².